The molecule has 110 valence electrons. The third kappa shape index (κ3) is 3.19. The molecule has 0 bridgehead atoms. The van der Waals surface area contributed by atoms with E-state index >= 15 is 0 Å². The van der Waals surface area contributed by atoms with E-state index in [0.29, 0.717) is 23.7 Å². The van der Waals surface area contributed by atoms with Crippen LogP contribution in [-0.4, -0.2) is 25.0 Å². The summed E-state index contributed by atoms with van der Waals surface area (Å²) in [6, 6.07) is 1.67. The first-order chi connectivity index (χ1) is 9.67. The molecule has 1 amide bonds. The fourth-order valence-electron chi connectivity index (χ4n) is 2.64. The van der Waals surface area contributed by atoms with Crippen molar-refractivity contribution in [3.8, 4) is 0 Å². The molecule has 1 aliphatic carbocycles. The molecule has 0 aromatic carbocycles. The standard InChI is InChI=1S/C14H20N2O3S/c1-2-19-14(18)11-6-7-20-13(11)16-12(17)10-5-3-4-9(10)8-15/h6-7,9-10H,2-5,8,15H2,1H3,(H,16,17). The van der Waals surface area contributed by atoms with E-state index in [0.717, 1.165) is 19.3 Å². The summed E-state index contributed by atoms with van der Waals surface area (Å²) in [6.07, 6.45) is 2.91. The number of carbonyl (C=O) groups is 2. The smallest absolute Gasteiger partial charge is 0.341 e. The molecule has 1 heterocycles. The van der Waals surface area contributed by atoms with E-state index in [2.05, 4.69) is 5.32 Å². The van der Waals surface area contributed by atoms with Crippen LogP contribution in [0.2, 0.25) is 0 Å². The van der Waals surface area contributed by atoms with Crippen LogP contribution in [0.3, 0.4) is 0 Å². The van der Waals surface area contributed by atoms with Crippen LogP contribution in [0.5, 0.6) is 0 Å². The molecule has 2 rings (SSSR count). The Hall–Kier alpha value is -1.40. The normalized spacial score (nSPS) is 21.7. The summed E-state index contributed by atoms with van der Waals surface area (Å²) in [4.78, 5) is 24.1. The van der Waals surface area contributed by atoms with Crippen molar-refractivity contribution in [2.75, 3.05) is 18.5 Å². The predicted molar refractivity (Wildman–Crippen MR) is 78.8 cm³/mol. The van der Waals surface area contributed by atoms with Crippen LogP contribution in [0, 0.1) is 11.8 Å². The first kappa shape index (κ1) is 15.0. The van der Waals surface area contributed by atoms with Crippen molar-refractivity contribution in [2.24, 2.45) is 17.6 Å². The summed E-state index contributed by atoms with van der Waals surface area (Å²) in [5.74, 6) is -0.227. The summed E-state index contributed by atoms with van der Waals surface area (Å²) >= 11 is 1.34. The maximum Gasteiger partial charge on any atom is 0.341 e. The largest absolute Gasteiger partial charge is 0.462 e. The molecule has 2 atom stereocenters. The van der Waals surface area contributed by atoms with E-state index in [1.165, 1.54) is 11.3 Å². The third-order valence-corrected chi connectivity index (χ3v) is 4.53. The Bertz CT molecular complexity index is 487. The molecule has 1 saturated carbocycles. The number of amides is 1. The van der Waals surface area contributed by atoms with Crippen LogP contribution in [0.25, 0.3) is 0 Å². The van der Waals surface area contributed by atoms with E-state index in [1.54, 1.807) is 18.4 Å². The van der Waals surface area contributed by atoms with Gasteiger partial charge in [-0.3, -0.25) is 4.79 Å². The average molecular weight is 296 g/mol. The van der Waals surface area contributed by atoms with Crippen molar-refractivity contribution in [3.63, 3.8) is 0 Å². The van der Waals surface area contributed by atoms with Gasteiger partial charge in [0, 0.05) is 5.92 Å². The lowest BCUT2D eigenvalue weighted by Gasteiger charge is -2.17. The first-order valence-corrected chi connectivity index (χ1v) is 7.80. The molecule has 20 heavy (non-hydrogen) atoms. The number of nitrogens with two attached hydrogens (primary N) is 1. The topological polar surface area (TPSA) is 81.4 Å². The molecular weight excluding hydrogens is 276 g/mol. The van der Waals surface area contributed by atoms with Crippen LogP contribution >= 0.6 is 11.3 Å². The average Bonchev–Trinajstić information content (AvgIpc) is 3.06. The molecular formula is C14H20N2O3S. The van der Waals surface area contributed by atoms with E-state index < -0.39 is 5.97 Å². The molecule has 0 radical (unpaired) electrons. The van der Waals surface area contributed by atoms with Gasteiger partial charge in [0.05, 0.1) is 12.2 Å². The summed E-state index contributed by atoms with van der Waals surface area (Å²) < 4.78 is 4.97. The van der Waals surface area contributed by atoms with Gasteiger partial charge in [-0.1, -0.05) is 6.42 Å². The molecule has 0 saturated heterocycles. The molecule has 2 unspecified atom stereocenters. The molecule has 6 heteroatoms. The zero-order valence-corrected chi connectivity index (χ0v) is 12.4. The van der Waals surface area contributed by atoms with Gasteiger partial charge in [-0.25, -0.2) is 4.79 Å². The number of hydrogen-bond acceptors (Lipinski definition) is 5. The van der Waals surface area contributed by atoms with E-state index in [1.807, 2.05) is 0 Å². The number of nitrogens with one attached hydrogen (secondary N) is 1. The molecule has 3 N–H and O–H groups in total. The van der Waals surface area contributed by atoms with Gasteiger partial charge in [0.15, 0.2) is 0 Å². The van der Waals surface area contributed by atoms with Crippen LogP contribution in [0.15, 0.2) is 11.4 Å². The number of rotatable bonds is 5. The Morgan fingerprint density at radius 1 is 1.50 bits per heavy atom. The molecule has 5 nitrogen and oxygen atoms in total. The second kappa shape index (κ2) is 6.85. The highest BCUT2D eigenvalue weighted by Gasteiger charge is 2.32. The maximum atomic E-state index is 12.3. The highest BCUT2D eigenvalue weighted by atomic mass is 32.1. The predicted octanol–water partition coefficient (Wildman–Crippen LogP) is 2.24. The quantitative estimate of drug-likeness (QED) is 0.816. The lowest BCUT2D eigenvalue weighted by Crippen LogP contribution is -2.30. The second-order valence-corrected chi connectivity index (χ2v) is 5.82. The minimum atomic E-state index is -0.397. The summed E-state index contributed by atoms with van der Waals surface area (Å²) in [5.41, 5.74) is 6.13. The summed E-state index contributed by atoms with van der Waals surface area (Å²) in [6.45, 7) is 2.61. The number of carbonyl (C=O) groups excluding carboxylic acids is 2. The van der Waals surface area contributed by atoms with Crippen LogP contribution in [0.4, 0.5) is 5.00 Å². The number of ether oxygens (including phenoxy) is 1. The Labute approximate surface area is 122 Å². The minimum absolute atomic E-state index is 0.0362. The number of hydrogen-bond donors (Lipinski definition) is 2. The SMILES string of the molecule is CCOC(=O)c1ccsc1NC(=O)C1CCCC1CN. The van der Waals surface area contributed by atoms with Crippen molar-refractivity contribution in [1.29, 1.82) is 0 Å². The van der Waals surface area contributed by atoms with Gasteiger partial charge < -0.3 is 15.8 Å². The Balaban J connectivity index is 2.05. The maximum absolute atomic E-state index is 12.3. The van der Waals surface area contributed by atoms with Crippen molar-refractivity contribution in [1.82, 2.24) is 0 Å². The van der Waals surface area contributed by atoms with E-state index in [-0.39, 0.29) is 17.7 Å². The summed E-state index contributed by atoms with van der Waals surface area (Å²) in [5, 5.41) is 5.20. The minimum Gasteiger partial charge on any atom is -0.462 e. The van der Waals surface area contributed by atoms with Crippen LogP contribution in [0.1, 0.15) is 36.5 Å². The van der Waals surface area contributed by atoms with Gasteiger partial charge in [0.1, 0.15) is 5.00 Å². The van der Waals surface area contributed by atoms with Crippen LogP contribution in [-0.2, 0) is 9.53 Å². The van der Waals surface area contributed by atoms with Gasteiger partial charge in [0.2, 0.25) is 5.91 Å². The van der Waals surface area contributed by atoms with Crippen LogP contribution < -0.4 is 11.1 Å². The van der Waals surface area contributed by atoms with Gasteiger partial charge in [-0.15, -0.1) is 11.3 Å². The lowest BCUT2D eigenvalue weighted by molar-refractivity contribution is -0.120. The molecule has 1 aromatic heterocycles. The summed E-state index contributed by atoms with van der Waals surface area (Å²) in [7, 11) is 0. The monoisotopic (exact) mass is 296 g/mol. The highest BCUT2D eigenvalue weighted by molar-refractivity contribution is 7.14. The van der Waals surface area contributed by atoms with E-state index in [9.17, 15) is 9.59 Å². The molecule has 1 aromatic rings. The van der Waals surface area contributed by atoms with Gasteiger partial charge >= 0.3 is 5.97 Å². The van der Waals surface area contributed by atoms with Gasteiger partial charge in [-0.2, -0.15) is 0 Å². The van der Waals surface area contributed by atoms with Gasteiger partial charge in [0.25, 0.3) is 0 Å². The zero-order valence-electron chi connectivity index (χ0n) is 11.6. The molecule has 1 aliphatic rings. The van der Waals surface area contributed by atoms with Crippen molar-refractivity contribution in [2.45, 2.75) is 26.2 Å². The first-order valence-electron chi connectivity index (χ1n) is 6.92. The fourth-order valence-corrected chi connectivity index (χ4v) is 3.42. The molecule has 0 spiro atoms. The third-order valence-electron chi connectivity index (χ3n) is 3.70. The molecule has 1 fully saturated rings. The van der Waals surface area contributed by atoms with Crippen molar-refractivity contribution < 1.29 is 14.3 Å². The van der Waals surface area contributed by atoms with Crippen molar-refractivity contribution in [3.05, 3.63) is 17.0 Å². The Kier molecular flexibility index (Phi) is 5.14. The zero-order chi connectivity index (χ0) is 14.5. The molecule has 0 aliphatic heterocycles. The fraction of sp³-hybridized carbons (Fsp3) is 0.571. The Morgan fingerprint density at radius 2 is 2.30 bits per heavy atom. The number of anilines is 1. The van der Waals surface area contributed by atoms with Crippen molar-refractivity contribution >= 4 is 28.2 Å². The number of esters is 1. The highest BCUT2D eigenvalue weighted by Crippen LogP contribution is 2.33. The Morgan fingerprint density at radius 3 is 3.00 bits per heavy atom. The number of thiophene rings is 1. The van der Waals surface area contributed by atoms with E-state index in [4.69, 9.17) is 10.5 Å². The van der Waals surface area contributed by atoms with Gasteiger partial charge in [-0.05, 0) is 43.7 Å². The second-order valence-electron chi connectivity index (χ2n) is 4.91. The lowest BCUT2D eigenvalue weighted by atomic mass is 9.95.